The van der Waals surface area contributed by atoms with Gasteiger partial charge in [-0.05, 0) is 188 Å². The number of hydrogen-bond acceptors (Lipinski definition) is 8. The number of para-hydroxylation sites is 11. The van der Waals surface area contributed by atoms with Crippen LogP contribution in [0.5, 0.6) is 23.0 Å². The SMILES string of the molecule is c1ccc(-c2cccc(-c3ccccc3)c2N2c3cc(N(c4ccccc4)c4ccccc4)cc4c3B(c3ccccc3N4c3ccccc3)c3c2cc2c4c3Oc3ccccc3B4c3cc4c(cc3N2c2ccccc2)Oc2cc(N(c3ccccc3)c3ccccc3)cc3c2B4c2ccccc2N3c2ccccc2)cc1. The highest BCUT2D eigenvalue weighted by atomic mass is 16.5. The fourth-order valence-electron chi connectivity index (χ4n) is 19.1. The summed E-state index contributed by atoms with van der Waals surface area (Å²) in [6.07, 6.45) is 0. The maximum Gasteiger partial charge on any atom is 0.256 e. The lowest BCUT2D eigenvalue weighted by Crippen LogP contribution is -2.66. The maximum atomic E-state index is 8.16. The normalized spacial score (nSPS) is 13.2. The van der Waals surface area contributed by atoms with E-state index < -0.39 is 0 Å². The van der Waals surface area contributed by atoms with Crippen molar-refractivity contribution in [2.45, 2.75) is 0 Å². The topological polar surface area (TPSA) is 37.9 Å². The van der Waals surface area contributed by atoms with Gasteiger partial charge in [0.2, 0.25) is 0 Å². The molecule has 0 unspecified atom stereocenters. The van der Waals surface area contributed by atoms with Crippen LogP contribution in [0.2, 0.25) is 0 Å². The molecular weight excluding hydrogens is 1370 g/mol. The molecule has 0 amide bonds. The number of rotatable bonds is 12. The first-order chi connectivity index (χ1) is 56.1. The lowest BCUT2D eigenvalue weighted by Gasteiger charge is -2.48. The van der Waals surface area contributed by atoms with Crippen molar-refractivity contribution in [2.24, 2.45) is 0 Å². The molecule has 0 bridgehead atoms. The van der Waals surface area contributed by atoms with Crippen molar-refractivity contribution < 1.29 is 9.47 Å². The zero-order valence-corrected chi connectivity index (χ0v) is 61.4. The molecule has 0 N–H and O–H groups in total. The molecule has 113 heavy (non-hydrogen) atoms. The van der Waals surface area contributed by atoms with E-state index in [0.717, 1.165) is 186 Å². The molecule has 0 fully saturated rings. The van der Waals surface area contributed by atoms with Crippen LogP contribution in [-0.2, 0) is 0 Å². The molecule has 0 atom stereocenters. The third kappa shape index (κ3) is 10.1. The molecule has 8 nitrogen and oxygen atoms in total. The second-order valence-electron chi connectivity index (χ2n) is 29.7. The van der Waals surface area contributed by atoms with Gasteiger partial charge in [0.05, 0.1) is 17.1 Å². The van der Waals surface area contributed by atoms with E-state index in [-0.39, 0.29) is 20.1 Å². The first kappa shape index (κ1) is 64.3. The average Bonchev–Trinajstić information content (AvgIpc) is 0.671. The third-order valence-electron chi connectivity index (χ3n) is 23.6. The Balaban J connectivity index is 0.840. The van der Waals surface area contributed by atoms with Gasteiger partial charge in [-0.2, -0.15) is 0 Å². The Labute approximate surface area is 658 Å². The largest absolute Gasteiger partial charge is 0.459 e. The number of anilines is 18. The molecule has 17 aromatic carbocycles. The van der Waals surface area contributed by atoms with Crippen LogP contribution in [0, 0.1) is 0 Å². The Morgan fingerprint density at radius 3 is 1.08 bits per heavy atom. The highest BCUT2D eigenvalue weighted by Crippen LogP contribution is 2.56. The molecule has 6 aliphatic heterocycles. The molecule has 0 saturated carbocycles. The summed E-state index contributed by atoms with van der Waals surface area (Å²) in [7, 11) is 0. The van der Waals surface area contributed by atoms with Crippen LogP contribution >= 0.6 is 0 Å². The van der Waals surface area contributed by atoms with Gasteiger partial charge in [0.1, 0.15) is 23.0 Å². The lowest BCUT2D eigenvalue weighted by atomic mass is 9.29. The Bertz CT molecular complexity index is 6480. The second-order valence-corrected chi connectivity index (χ2v) is 29.7. The van der Waals surface area contributed by atoms with E-state index in [0.29, 0.717) is 0 Å². The van der Waals surface area contributed by atoms with E-state index in [1.807, 2.05) is 0 Å². The molecule has 0 aromatic heterocycles. The Morgan fingerprint density at radius 2 is 0.575 bits per heavy atom. The first-order valence-electron chi connectivity index (χ1n) is 38.9. The highest BCUT2D eigenvalue weighted by molar-refractivity contribution is 7.04. The second kappa shape index (κ2) is 26.0. The summed E-state index contributed by atoms with van der Waals surface area (Å²) in [5.74, 6) is 3.26. The quantitative estimate of drug-likeness (QED) is 0.112. The van der Waals surface area contributed by atoms with Crippen molar-refractivity contribution in [1.82, 2.24) is 0 Å². The van der Waals surface area contributed by atoms with E-state index in [4.69, 9.17) is 9.47 Å². The smallest absolute Gasteiger partial charge is 0.256 e. The van der Waals surface area contributed by atoms with Crippen LogP contribution in [0.15, 0.2) is 406 Å². The highest BCUT2D eigenvalue weighted by Gasteiger charge is 2.53. The van der Waals surface area contributed by atoms with Crippen LogP contribution in [0.3, 0.4) is 0 Å². The number of fused-ring (bicyclic) bond motifs is 13. The van der Waals surface area contributed by atoms with Crippen LogP contribution in [0.4, 0.5) is 102 Å². The van der Waals surface area contributed by atoms with Gasteiger partial charge in [0, 0.05) is 109 Å². The van der Waals surface area contributed by atoms with Gasteiger partial charge in [-0.25, -0.2) is 0 Å². The van der Waals surface area contributed by atoms with Crippen LogP contribution in [0.25, 0.3) is 22.3 Å². The van der Waals surface area contributed by atoms with Gasteiger partial charge < -0.3 is 38.9 Å². The first-order valence-corrected chi connectivity index (χ1v) is 38.9. The fourth-order valence-corrected chi connectivity index (χ4v) is 19.1. The summed E-state index contributed by atoms with van der Waals surface area (Å²) in [5.41, 5.74) is 33.2. The van der Waals surface area contributed by atoms with Crippen molar-refractivity contribution in [3.63, 3.8) is 0 Å². The van der Waals surface area contributed by atoms with Gasteiger partial charge in [-0.3, -0.25) is 0 Å². The monoisotopic (exact) mass is 1440 g/mol. The Kier molecular flexibility index (Phi) is 14.8. The van der Waals surface area contributed by atoms with Crippen molar-refractivity contribution in [1.29, 1.82) is 0 Å². The summed E-state index contributed by atoms with van der Waals surface area (Å²) in [4.78, 5) is 14.9. The molecule has 0 radical (unpaired) electrons. The Morgan fingerprint density at radius 1 is 0.204 bits per heavy atom. The van der Waals surface area contributed by atoms with Gasteiger partial charge >= 0.3 is 0 Å². The summed E-state index contributed by atoms with van der Waals surface area (Å²) >= 11 is 0. The minimum Gasteiger partial charge on any atom is -0.459 e. The predicted molar refractivity (Wildman–Crippen MR) is 472 cm³/mol. The maximum absolute atomic E-state index is 8.16. The van der Waals surface area contributed by atoms with Crippen LogP contribution in [-0.4, -0.2) is 20.1 Å². The fraction of sp³-hybridized carbons (Fsp3) is 0. The number of nitrogens with zero attached hydrogens (tertiary/aromatic N) is 6. The standard InChI is InChI=1S/C102H67B3N6O2/c1-10-35-68(36-11-1)79-53-34-54-80(69-37-12-2-13-38-69)101(79)111-90-62-77(106(70-39-14-3-15-40-70)71-41-16-4-17-42-71)61-89-97(90)105(82-56-29-32-59-87(82)108(89)74-47-22-7-23-48-74)100-93(111)66-92-99-102(100)113-94-60-33-30-57-83(94)104(99)84-65-85-95(67-88(84)110(92)76-51-26-9-27-52-76)112-96-64-78(107(72-43-18-5-19-44-72)73-45-20-6-21-46-73)63-91-98(96)103(85)81-55-28-31-58-86(81)109(91)75-49-24-8-25-50-75/h1-67H. The van der Waals surface area contributed by atoms with Crippen molar-refractivity contribution in [2.75, 3.05) is 29.4 Å². The van der Waals surface area contributed by atoms with Gasteiger partial charge in [-0.15, -0.1) is 0 Å². The van der Waals surface area contributed by atoms with E-state index in [9.17, 15) is 0 Å². The van der Waals surface area contributed by atoms with Crippen molar-refractivity contribution in [3.05, 3.63) is 406 Å². The molecule has 17 aromatic rings. The summed E-state index contributed by atoms with van der Waals surface area (Å²) in [5, 5.41) is 0. The molecule has 11 heteroatoms. The molecule has 23 rings (SSSR count). The van der Waals surface area contributed by atoms with Gasteiger partial charge in [-0.1, -0.05) is 267 Å². The van der Waals surface area contributed by atoms with Crippen LogP contribution < -0.4 is 88.0 Å². The molecular formula is C102H67B3N6O2. The molecule has 0 saturated heterocycles. The van der Waals surface area contributed by atoms with Gasteiger partial charge in [0.15, 0.2) is 0 Å². The minimum atomic E-state index is -0.372. The van der Waals surface area contributed by atoms with Crippen molar-refractivity contribution >= 4 is 172 Å². The number of hydrogen-bond donors (Lipinski definition) is 0. The average molecular weight is 1440 g/mol. The molecule has 0 aliphatic carbocycles. The number of ether oxygens (including phenoxy) is 2. The van der Waals surface area contributed by atoms with Gasteiger partial charge in [0.25, 0.3) is 20.1 Å². The zero-order chi connectivity index (χ0) is 74.2. The zero-order valence-electron chi connectivity index (χ0n) is 61.4. The van der Waals surface area contributed by atoms with E-state index in [1.165, 1.54) is 10.9 Å². The molecule has 6 heterocycles. The summed E-state index contributed by atoms with van der Waals surface area (Å²) in [6, 6.07) is 149. The third-order valence-corrected chi connectivity index (χ3v) is 23.6. The van der Waals surface area contributed by atoms with E-state index in [1.54, 1.807) is 0 Å². The molecule has 526 valence electrons. The van der Waals surface area contributed by atoms with E-state index >= 15 is 0 Å². The van der Waals surface area contributed by atoms with E-state index in [2.05, 4.69) is 436 Å². The summed E-state index contributed by atoms with van der Waals surface area (Å²) < 4.78 is 16.1. The number of benzene rings is 17. The van der Waals surface area contributed by atoms with Crippen LogP contribution in [0.1, 0.15) is 0 Å². The lowest BCUT2D eigenvalue weighted by molar-refractivity contribution is 0.488. The molecule has 0 spiro atoms. The Hall–Kier alpha value is -14.7. The summed E-state index contributed by atoms with van der Waals surface area (Å²) in [6.45, 7) is -0.946. The minimum absolute atomic E-state index is 0.242. The predicted octanol–water partition coefficient (Wildman–Crippen LogP) is 20.9. The molecule has 6 aliphatic rings. The van der Waals surface area contributed by atoms with Crippen molar-refractivity contribution in [3.8, 4) is 45.3 Å².